The summed E-state index contributed by atoms with van der Waals surface area (Å²) in [6.07, 6.45) is 0. The van der Waals surface area contributed by atoms with E-state index in [0.29, 0.717) is 5.75 Å². The Morgan fingerprint density at radius 1 is 0.963 bits per heavy atom. The lowest BCUT2D eigenvalue weighted by Gasteiger charge is -2.21. The molecule has 3 aromatic carbocycles. The summed E-state index contributed by atoms with van der Waals surface area (Å²) in [5.41, 5.74) is 4.62. The molecule has 0 spiro atoms. The third kappa shape index (κ3) is 5.72. The van der Waals surface area contributed by atoms with E-state index in [2.05, 4.69) is 64.6 Å². The van der Waals surface area contributed by atoms with Crippen LogP contribution in [0.1, 0.15) is 28.3 Å². The number of thioether (sulfide) groups is 1. The maximum absolute atomic E-state index is 12.6. The van der Waals surface area contributed by atoms with Crippen molar-refractivity contribution in [3.05, 3.63) is 106 Å². The second-order valence-electron chi connectivity index (χ2n) is 6.39. The third-order valence-corrected chi connectivity index (χ3v) is 5.89. The molecule has 0 aliphatic heterocycles. The van der Waals surface area contributed by atoms with Crippen molar-refractivity contribution in [2.45, 2.75) is 18.7 Å². The Labute approximate surface area is 173 Å². The number of rotatable bonds is 7. The van der Waals surface area contributed by atoms with Crippen LogP contribution in [-0.4, -0.2) is 11.7 Å². The van der Waals surface area contributed by atoms with E-state index in [1.165, 1.54) is 11.1 Å². The van der Waals surface area contributed by atoms with E-state index in [-0.39, 0.29) is 11.9 Å². The minimum Gasteiger partial charge on any atom is -0.344 e. The third-order valence-electron chi connectivity index (χ3n) is 4.35. The summed E-state index contributed by atoms with van der Waals surface area (Å²) in [7, 11) is 0. The second-order valence-corrected chi connectivity index (χ2v) is 8.29. The van der Waals surface area contributed by atoms with E-state index in [9.17, 15) is 4.79 Å². The van der Waals surface area contributed by atoms with Gasteiger partial charge in [-0.2, -0.15) is 0 Å². The van der Waals surface area contributed by atoms with E-state index in [1.807, 2.05) is 42.5 Å². The van der Waals surface area contributed by atoms with Gasteiger partial charge in [0.2, 0.25) is 5.91 Å². The highest BCUT2D eigenvalue weighted by Gasteiger charge is 2.18. The second kappa shape index (κ2) is 9.77. The number of amides is 1. The van der Waals surface area contributed by atoms with Crippen molar-refractivity contribution in [3.8, 4) is 0 Å². The molecule has 3 aromatic rings. The number of benzene rings is 3. The van der Waals surface area contributed by atoms with Crippen LogP contribution in [0.4, 0.5) is 0 Å². The minimum atomic E-state index is -0.131. The molecule has 0 fully saturated rings. The predicted molar refractivity (Wildman–Crippen MR) is 118 cm³/mol. The van der Waals surface area contributed by atoms with Gasteiger partial charge in [0.15, 0.2) is 0 Å². The number of carbonyl (C=O) groups excluding carboxylic acids is 1. The van der Waals surface area contributed by atoms with Crippen LogP contribution in [0.25, 0.3) is 0 Å². The van der Waals surface area contributed by atoms with Crippen molar-refractivity contribution in [1.29, 1.82) is 0 Å². The first-order chi connectivity index (χ1) is 13.1. The number of hydrogen-bond donors (Lipinski definition) is 1. The minimum absolute atomic E-state index is 0.0502. The average molecular weight is 440 g/mol. The molecule has 0 unspecified atom stereocenters. The largest absolute Gasteiger partial charge is 0.344 e. The van der Waals surface area contributed by atoms with Gasteiger partial charge < -0.3 is 5.32 Å². The zero-order chi connectivity index (χ0) is 19.1. The molecule has 0 saturated heterocycles. The zero-order valence-electron chi connectivity index (χ0n) is 15.2. The van der Waals surface area contributed by atoms with Crippen molar-refractivity contribution in [1.82, 2.24) is 5.32 Å². The van der Waals surface area contributed by atoms with Gasteiger partial charge in [-0.25, -0.2) is 0 Å². The van der Waals surface area contributed by atoms with Gasteiger partial charge in [0.25, 0.3) is 0 Å². The van der Waals surface area contributed by atoms with Crippen molar-refractivity contribution in [3.63, 3.8) is 0 Å². The van der Waals surface area contributed by atoms with Crippen molar-refractivity contribution < 1.29 is 4.79 Å². The van der Waals surface area contributed by atoms with Crippen LogP contribution in [0.5, 0.6) is 0 Å². The average Bonchev–Trinajstić information content (AvgIpc) is 2.69. The summed E-state index contributed by atoms with van der Waals surface area (Å²) in [4.78, 5) is 12.6. The summed E-state index contributed by atoms with van der Waals surface area (Å²) in [6.45, 7) is 2.08. The van der Waals surface area contributed by atoms with Crippen LogP contribution in [-0.2, 0) is 10.5 Å². The summed E-state index contributed by atoms with van der Waals surface area (Å²) in [6, 6.07) is 26.4. The molecule has 0 saturated carbocycles. The summed E-state index contributed by atoms with van der Waals surface area (Å²) in [5, 5.41) is 3.22. The Morgan fingerprint density at radius 3 is 2.33 bits per heavy atom. The fourth-order valence-corrected chi connectivity index (χ4v) is 4.00. The van der Waals surface area contributed by atoms with E-state index < -0.39 is 0 Å². The summed E-state index contributed by atoms with van der Waals surface area (Å²) >= 11 is 5.07. The fraction of sp³-hybridized carbons (Fsp3) is 0.174. The maximum Gasteiger partial charge on any atom is 0.230 e. The van der Waals surface area contributed by atoms with Gasteiger partial charge in [0, 0.05) is 10.2 Å². The molecule has 27 heavy (non-hydrogen) atoms. The standard InChI is InChI=1S/C23H22BrNOS/c1-17-7-5-6-10-21(17)23(19-8-3-2-4-9-19)25-22(26)16-27-15-18-11-13-20(24)14-12-18/h2-14,23H,15-16H2,1H3,(H,25,26)/t23-/m0/s1. The quantitative estimate of drug-likeness (QED) is 0.496. The smallest absolute Gasteiger partial charge is 0.230 e. The lowest BCUT2D eigenvalue weighted by Crippen LogP contribution is -2.31. The zero-order valence-corrected chi connectivity index (χ0v) is 17.6. The first kappa shape index (κ1) is 19.7. The normalized spacial score (nSPS) is 11.8. The molecular weight excluding hydrogens is 418 g/mol. The predicted octanol–water partition coefficient (Wildman–Crippen LogP) is 5.90. The van der Waals surface area contributed by atoms with Gasteiger partial charge in [0.1, 0.15) is 0 Å². The first-order valence-electron chi connectivity index (χ1n) is 8.85. The summed E-state index contributed by atoms with van der Waals surface area (Å²) < 4.78 is 1.07. The maximum atomic E-state index is 12.6. The molecule has 0 aliphatic carbocycles. The Morgan fingerprint density at radius 2 is 1.63 bits per heavy atom. The highest BCUT2D eigenvalue weighted by atomic mass is 79.9. The molecule has 2 nitrogen and oxygen atoms in total. The van der Waals surface area contributed by atoms with Crippen molar-refractivity contribution in [2.24, 2.45) is 0 Å². The molecule has 1 atom stereocenters. The van der Waals surface area contributed by atoms with Gasteiger partial charge in [-0.3, -0.25) is 4.79 Å². The Hall–Kier alpha value is -2.04. The van der Waals surface area contributed by atoms with Crippen LogP contribution in [0, 0.1) is 6.92 Å². The van der Waals surface area contributed by atoms with Gasteiger partial charge in [-0.15, -0.1) is 11.8 Å². The number of hydrogen-bond acceptors (Lipinski definition) is 2. The van der Waals surface area contributed by atoms with E-state index in [0.717, 1.165) is 21.4 Å². The Bertz CT molecular complexity index is 880. The van der Waals surface area contributed by atoms with E-state index >= 15 is 0 Å². The molecule has 1 N–H and O–H groups in total. The SMILES string of the molecule is Cc1ccccc1[C@@H](NC(=O)CSCc1ccc(Br)cc1)c1ccccc1. The topological polar surface area (TPSA) is 29.1 Å². The van der Waals surface area contributed by atoms with E-state index in [4.69, 9.17) is 0 Å². The highest BCUT2D eigenvalue weighted by Crippen LogP contribution is 2.25. The lowest BCUT2D eigenvalue weighted by molar-refractivity contribution is -0.119. The van der Waals surface area contributed by atoms with Crippen LogP contribution in [0.2, 0.25) is 0 Å². The number of halogens is 1. The van der Waals surface area contributed by atoms with Crippen LogP contribution < -0.4 is 5.32 Å². The molecule has 0 aromatic heterocycles. The van der Waals surface area contributed by atoms with E-state index in [1.54, 1.807) is 11.8 Å². The number of nitrogens with one attached hydrogen (secondary N) is 1. The van der Waals surface area contributed by atoms with Gasteiger partial charge in [0.05, 0.1) is 11.8 Å². The summed E-state index contributed by atoms with van der Waals surface area (Å²) in [5.74, 6) is 1.31. The van der Waals surface area contributed by atoms with Gasteiger partial charge in [-0.1, -0.05) is 82.7 Å². The van der Waals surface area contributed by atoms with Gasteiger partial charge in [-0.05, 0) is 41.3 Å². The van der Waals surface area contributed by atoms with Gasteiger partial charge >= 0.3 is 0 Å². The highest BCUT2D eigenvalue weighted by molar-refractivity contribution is 9.10. The van der Waals surface area contributed by atoms with Crippen molar-refractivity contribution in [2.75, 3.05) is 5.75 Å². The van der Waals surface area contributed by atoms with Crippen molar-refractivity contribution >= 4 is 33.6 Å². The molecule has 138 valence electrons. The molecular formula is C23H22BrNOS. The lowest BCUT2D eigenvalue weighted by atomic mass is 9.95. The number of carbonyl (C=O) groups is 1. The number of aryl methyl sites for hydroxylation is 1. The van der Waals surface area contributed by atoms with Crippen LogP contribution >= 0.6 is 27.7 Å². The Kier molecular flexibility index (Phi) is 7.13. The molecule has 0 bridgehead atoms. The molecule has 0 heterocycles. The Balaban J connectivity index is 1.66. The van der Waals surface area contributed by atoms with Crippen LogP contribution in [0.3, 0.4) is 0 Å². The molecule has 4 heteroatoms. The molecule has 0 aliphatic rings. The molecule has 3 rings (SSSR count). The molecule has 0 radical (unpaired) electrons. The first-order valence-corrected chi connectivity index (χ1v) is 10.8. The molecule has 1 amide bonds. The monoisotopic (exact) mass is 439 g/mol. The van der Waals surface area contributed by atoms with Crippen LogP contribution in [0.15, 0.2) is 83.3 Å². The fourth-order valence-electron chi connectivity index (χ4n) is 2.94.